The van der Waals surface area contributed by atoms with E-state index in [-0.39, 0.29) is 4.75 Å². The van der Waals surface area contributed by atoms with Crippen molar-refractivity contribution in [3.8, 4) is 0 Å². The van der Waals surface area contributed by atoms with Crippen LogP contribution in [0.15, 0.2) is 30.3 Å². The molecule has 0 aliphatic heterocycles. The van der Waals surface area contributed by atoms with E-state index in [1.54, 1.807) is 0 Å². The number of hydrogen-bond acceptors (Lipinski definition) is 1. The van der Waals surface area contributed by atoms with Crippen molar-refractivity contribution < 1.29 is 0 Å². The monoisotopic (exact) mass is 206 g/mol. The van der Waals surface area contributed by atoms with Gasteiger partial charge < -0.3 is 0 Å². The first-order valence-corrected chi connectivity index (χ1v) is 6.04. The molecular formula is C13H18S. The summed E-state index contributed by atoms with van der Waals surface area (Å²) in [5.74, 6) is 0. The fourth-order valence-electron chi connectivity index (χ4n) is 2.35. The molecule has 0 atom stereocenters. The maximum Gasteiger partial charge on any atom is 0.0378 e. The highest BCUT2D eigenvalue weighted by Crippen LogP contribution is 2.41. The van der Waals surface area contributed by atoms with Crippen LogP contribution in [0.1, 0.15) is 44.1 Å². The van der Waals surface area contributed by atoms with Gasteiger partial charge in [-0.25, -0.2) is 0 Å². The van der Waals surface area contributed by atoms with Crippen molar-refractivity contribution >= 4 is 12.6 Å². The van der Waals surface area contributed by atoms with Gasteiger partial charge in [0.15, 0.2) is 0 Å². The zero-order valence-electron chi connectivity index (χ0n) is 8.58. The summed E-state index contributed by atoms with van der Waals surface area (Å²) in [6.45, 7) is 0. The molecule has 1 heteroatoms. The third kappa shape index (κ3) is 2.14. The highest BCUT2D eigenvalue weighted by atomic mass is 32.1. The maximum atomic E-state index is 4.91. The highest BCUT2D eigenvalue weighted by Gasteiger charge is 2.28. The van der Waals surface area contributed by atoms with E-state index in [9.17, 15) is 0 Å². The Labute approximate surface area is 92.1 Å². The quantitative estimate of drug-likeness (QED) is 0.517. The van der Waals surface area contributed by atoms with Gasteiger partial charge in [-0.15, -0.1) is 0 Å². The zero-order valence-corrected chi connectivity index (χ0v) is 9.47. The molecule has 1 aliphatic carbocycles. The lowest BCUT2D eigenvalue weighted by Crippen LogP contribution is -2.17. The van der Waals surface area contributed by atoms with Crippen LogP contribution in [0.2, 0.25) is 0 Å². The van der Waals surface area contributed by atoms with Crippen molar-refractivity contribution in [2.45, 2.75) is 43.3 Å². The fraction of sp³-hybridized carbons (Fsp3) is 0.538. The van der Waals surface area contributed by atoms with Crippen molar-refractivity contribution in [3.63, 3.8) is 0 Å². The van der Waals surface area contributed by atoms with Crippen molar-refractivity contribution in [2.24, 2.45) is 0 Å². The Hall–Kier alpha value is -0.430. The second-order valence-electron chi connectivity index (χ2n) is 4.31. The lowest BCUT2D eigenvalue weighted by atomic mass is 9.91. The second-order valence-corrected chi connectivity index (χ2v) is 5.17. The minimum absolute atomic E-state index is 0.151. The predicted octanol–water partition coefficient (Wildman–Crippen LogP) is 4.17. The molecule has 0 spiro atoms. The highest BCUT2D eigenvalue weighted by molar-refractivity contribution is 7.81. The first kappa shape index (κ1) is 10.1. The topological polar surface area (TPSA) is 0 Å². The molecule has 0 saturated heterocycles. The molecule has 76 valence electrons. The lowest BCUT2D eigenvalue weighted by molar-refractivity contribution is 0.541. The molecule has 0 N–H and O–H groups in total. The molecule has 0 amide bonds. The molecule has 0 aromatic heterocycles. The van der Waals surface area contributed by atoms with Gasteiger partial charge in [0.1, 0.15) is 0 Å². The van der Waals surface area contributed by atoms with Gasteiger partial charge in [0.2, 0.25) is 0 Å². The van der Waals surface area contributed by atoms with Crippen LogP contribution in [0.3, 0.4) is 0 Å². The van der Waals surface area contributed by atoms with Crippen molar-refractivity contribution in [1.82, 2.24) is 0 Å². The van der Waals surface area contributed by atoms with Crippen LogP contribution in [0.4, 0.5) is 0 Å². The fourth-order valence-corrected chi connectivity index (χ4v) is 2.82. The molecule has 2 rings (SSSR count). The van der Waals surface area contributed by atoms with Crippen molar-refractivity contribution in [2.75, 3.05) is 0 Å². The third-order valence-electron chi connectivity index (χ3n) is 3.24. The number of hydrogen-bond donors (Lipinski definition) is 1. The summed E-state index contributed by atoms with van der Waals surface area (Å²) in [4.78, 5) is 0. The lowest BCUT2D eigenvalue weighted by Gasteiger charge is -2.27. The molecule has 0 bridgehead atoms. The first-order valence-electron chi connectivity index (χ1n) is 5.59. The van der Waals surface area contributed by atoms with Gasteiger partial charge in [-0.2, -0.15) is 12.6 Å². The van der Waals surface area contributed by atoms with Gasteiger partial charge in [-0.1, -0.05) is 56.0 Å². The molecule has 1 aliphatic rings. The minimum Gasteiger partial charge on any atom is -0.168 e. The second kappa shape index (κ2) is 4.39. The van der Waals surface area contributed by atoms with Crippen LogP contribution in [-0.2, 0) is 4.75 Å². The Kier molecular flexibility index (Phi) is 3.17. The SMILES string of the molecule is SC1(c2ccccc2)CCCCCC1. The summed E-state index contributed by atoms with van der Waals surface area (Å²) in [6.07, 6.45) is 7.90. The van der Waals surface area contributed by atoms with E-state index in [4.69, 9.17) is 12.6 Å². The van der Waals surface area contributed by atoms with Crippen LogP contribution in [0, 0.1) is 0 Å². The molecular weight excluding hydrogens is 188 g/mol. The molecule has 1 fully saturated rings. The van der Waals surface area contributed by atoms with E-state index in [0.29, 0.717) is 0 Å². The van der Waals surface area contributed by atoms with Crippen LogP contribution < -0.4 is 0 Å². The molecule has 0 unspecified atom stereocenters. The number of benzene rings is 1. The van der Waals surface area contributed by atoms with Gasteiger partial charge in [0, 0.05) is 4.75 Å². The molecule has 0 radical (unpaired) electrons. The molecule has 14 heavy (non-hydrogen) atoms. The Balaban J connectivity index is 2.21. The Morgan fingerprint density at radius 2 is 1.43 bits per heavy atom. The third-order valence-corrected chi connectivity index (χ3v) is 3.95. The minimum atomic E-state index is 0.151. The summed E-state index contributed by atoms with van der Waals surface area (Å²) < 4.78 is 0.151. The summed E-state index contributed by atoms with van der Waals surface area (Å²) in [5.41, 5.74) is 1.41. The summed E-state index contributed by atoms with van der Waals surface area (Å²) >= 11 is 4.91. The van der Waals surface area contributed by atoms with Gasteiger partial charge in [0.05, 0.1) is 0 Å². The molecule has 1 aromatic carbocycles. The summed E-state index contributed by atoms with van der Waals surface area (Å²) in [7, 11) is 0. The smallest absolute Gasteiger partial charge is 0.0378 e. The first-order chi connectivity index (χ1) is 6.81. The Bertz CT molecular complexity index is 271. The standard InChI is InChI=1S/C13H18S/c14-13(10-6-1-2-7-11-13)12-8-4-3-5-9-12/h3-5,8-9,14H,1-2,6-7,10-11H2. The van der Waals surface area contributed by atoms with Crippen LogP contribution in [-0.4, -0.2) is 0 Å². The van der Waals surface area contributed by atoms with Gasteiger partial charge >= 0.3 is 0 Å². The van der Waals surface area contributed by atoms with E-state index in [1.165, 1.54) is 44.1 Å². The van der Waals surface area contributed by atoms with Gasteiger partial charge in [-0.05, 0) is 18.4 Å². The van der Waals surface area contributed by atoms with E-state index >= 15 is 0 Å². The van der Waals surface area contributed by atoms with Gasteiger partial charge in [0.25, 0.3) is 0 Å². The Morgan fingerprint density at radius 1 is 0.857 bits per heavy atom. The van der Waals surface area contributed by atoms with Crippen LogP contribution in [0.5, 0.6) is 0 Å². The average Bonchev–Trinajstić information content (AvgIpc) is 2.46. The predicted molar refractivity (Wildman–Crippen MR) is 64.8 cm³/mol. The normalized spacial score (nSPS) is 21.5. The molecule has 0 nitrogen and oxygen atoms in total. The number of rotatable bonds is 1. The van der Waals surface area contributed by atoms with Crippen LogP contribution >= 0.6 is 12.6 Å². The molecule has 1 aromatic rings. The largest absolute Gasteiger partial charge is 0.168 e. The van der Waals surface area contributed by atoms with E-state index in [1.807, 2.05) is 0 Å². The summed E-state index contributed by atoms with van der Waals surface area (Å²) in [5, 5.41) is 0. The Morgan fingerprint density at radius 3 is 2.00 bits per heavy atom. The average molecular weight is 206 g/mol. The van der Waals surface area contributed by atoms with E-state index in [2.05, 4.69) is 30.3 Å². The van der Waals surface area contributed by atoms with E-state index < -0.39 is 0 Å². The maximum absolute atomic E-state index is 4.91. The van der Waals surface area contributed by atoms with Crippen LogP contribution in [0.25, 0.3) is 0 Å². The molecule has 0 heterocycles. The summed E-state index contributed by atoms with van der Waals surface area (Å²) in [6, 6.07) is 10.8. The van der Waals surface area contributed by atoms with E-state index in [0.717, 1.165) is 0 Å². The van der Waals surface area contributed by atoms with Gasteiger partial charge in [-0.3, -0.25) is 0 Å². The zero-order chi connectivity index (χ0) is 9.86. The number of thiol groups is 1. The van der Waals surface area contributed by atoms with Crippen molar-refractivity contribution in [3.05, 3.63) is 35.9 Å². The molecule has 1 saturated carbocycles. The van der Waals surface area contributed by atoms with Crippen molar-refractivity contribution in [1.29, 1.82) is 0 Å².